The van der Waals surface area contributed by atoms with Crippen molar-refractivity contribution in [2.45, 2.75) is 31.3 Å². The highest BCUT2D eigenvalue weighted by molar-refractivity contribution is 7.89. The van der Waals surface area contributed by atoms with E-state index < -0.39 is 43.7 Å². The molecule has 1 aromatic rings. The molecule has 10 heteroatoms. The number of carbonyl (C=O) groups is 1. The molecular formula is C13H18N2O7S. The molecule has 0 aliphatic rings. The van der Waals surface area contributed by atoms with Crippen molar-refractivity contribution in [3.63, 3.8) is 0 Å². The molecule has 0 atom stereocenters. The molecule has 1 aromatic carbocycles. The van der Waals surface area contributed by atoms with Crippen LogP contribution in [0.1, 0.15) is 20.8 Å². The Morgan fingerprint density at radius 1 is 1.30 bits per heavy atom. The van der Waals surface area contributed by atoms with Crippen LogP contribution in [0.5, 0.6) is 0 Å². The lowest BCUT2D eigenvalue weighted by atomic mass is 10.2. The van der Waals surface area contributed by atoms with Crippen LogP contribution in [0.4, 0.5) is 5.69 Å². The molecular weight excluding hydrogens is 328 g/mol. The average Bonchev–Trinajstić information content (AvgIpc) is 2.42. The first-order valence-corrected chi connectivity index (χ1v) is 7.96. The summed E-state index contributed by atoms with van der Waals surface area (Å²) in [5.41, 5.74) is -1.32. The van der Waals surface area contributed by atoms with Gasteiger partial charge in [0.25, 0.3) is 15.7 Å². The molecule has 9 nitrogen and oxygen atoms in total. The van der Waals surface area contributed by atoms with Gasteiger partial charge in [-0.05, 0) is 26.8 Å². The number of para-hydroxylation sites is 1. The maximum Gasteiger partial charge on any atom is 0.334 e. The molecule has 0 radical (unpaired) electrons. The molecule has 0 heterocycles. The Labute approximate surface area is 134 Å². The standard InChI is InChI=1S/C13H18N2O7S/c1-13(2,3)22-12(16)9-21-14(4)23(19,20)11-8-6-5-7-10(11)15(17)18/h5-8H,9H2,1-4H3. The van der Waals surface area contributed by atoms with E-state index in [9.17, 15) is 23.3 Å². The van der Waals surface area contributed by atoms with Gasteiger partial charge >= 0.3 is 5.97 Å². The first-order chi connectivity index (χ1) is 10.4. The van der Waals surface area contributed by atoms with Crippen LogP contribution >= 0.6 is 0 Å². The number of benzene rings is 1. The highest BCUT2D eigenvalue weighted by Crippen LogP contribution is 2.25. The number of hydrogen-bond donors (Lipinski definition) is 0. The molecule has 0 aromatic heterocycles. The van der Waals surface area contributed by atoms with E-state index in [1.165, 1.54) is 12.1 Å². The van der Waals surface area contributed by atoms with Gasteiger partial charge in [-0.1, -0.05) is 16.6 Å². The third-order valence-electron chi connectivity index (χ3n) is 2.46. The molecule has 0 spiro atoms. The molecule has 0 aliphatic carbocycles. The summed E-state index contributed by atoms with van der Waals surface area (Å²) in [4.78, 5) is 26.0. The Morgan fingerprint density at radius 3 is 2.39 bits per heavy atom. The summed E-state index contributed by atoms with van der Waals surface area (Å²) in [6.45, 7) is 4.31. The van der Waals surface area contributed by atoms with Gasteiger partial charge in [0.2, 0.25) is 0 Å². The van der Waals surface area contributed by atoms with E-state index in [4.69, 9.17) is 9.57 Å². The largest absolute Gasteiger partial charge is 0.458 e. The summed E-state index contributed by atoms with van der Waals surface area (Å²) in [6, 6.07) is 4.84. The maximum absolute atomic E-state index is 12.3. The smallest absolute Gasteiger partial charge is 0.334 e. The number of ether oxygens (including phenoxy) is 1. The lowest BCUT2D eigenvalue weighted by Crippen LogP contribution is -2.33. The number of hydrogen-bond acceptors (Lipinski definition) is 7. The SMILES string of the molecule is CN(OCC(=O)OC(C)(C)C)S(=O)(=O)c1ccccc1[N+](=O)[O-]. The Bertz CT molecular complexity index is 695. The fraction of sp³-hybridized carbons (Fsp3) is 0.462. The summed E-state index contributed by atoms with van der Waals surface area (Å²) >= 11 is 0. The molecule has 0 aliphatic heterocycles. The monoisotopic (exact) mass is 346 g/mol. The van der Waals surface area contributed by atoms with E-state index in [1.807, 2.05) is 0 Å². The van der Waals surface area contributed by atoms with Gasteiger partial charge in [-0.2, -0.15) is 0 Å². The molecule has 0 bridgehead atoms. The van der Waals surface area contributed by atoms with Crippen molar-refractivity contribution in [2.24, 2.45) is 0 Å². The lowest BCUT2D eigenvalue weighted by Gasteiger charge is -2.21. The third kappa shape index (κ3) is 5.27. The van der Waals surface area contributed by atoms with Crippen LogP contribution in [0, 0.1) is 10.1 Å². The number of sulfonamides is 1. The highest BCUT2D eigenvalue weighted by atomic mass is 32.2. The van der Waals surface area contributed by atoms with Crippen LogP contribution in [0.25, 0.3) is 0 Å². The molecule has 1 rings (SSSR count). The fourth-order valence-corrected chi connectivity index (χ4v) is 2.67. The van der Waals surface area contributed by atoms with Gasteiger partial charge in [-0.15, -0.1) is 0 Å². The van der Waals surface area contributed by atoms with E-state index in [0.717, 1.165) is 19.2 Å². The lowest BCUT2D eigenvalue weighted by molar-refractivity contribution is -0.387. The number of esters is 1. The predicted molar refractivity (Wildman–Crippen MR) is 79.8 cm³/mol. The van der Waals surface area contributed by atoms with Crippen molar-refractivity contribution in [3.8, 4) is 0 Å². The van der Waals surface area contributed by atoms with Crippen LogP contribution in [0.2, 0.25) is 0 Å². The average molecular weight is 346 g/mol. The van der Waals surface area contributed by atoms with Crippen molar-refractivity contribution < 1.29 is 27.7 Å². The highest BCUT2D eigenvalue weighted by Gasteiger charge is 2.30. The van der Waals surface area contributed by atoms with Crippen LogP contribution in [0.3, 0.4) is 0 Å². The minimum Gasteiger partial charge on any atom is -0.458 e. The van der Waals surface area contributed by atoms with Gasteiger partial charge in [0.15, 0.2) is 11.5 Å². The van der Waals surface area contributed by atoms with Crippen molar-refractivity contribution in [1.29, 1.82) is 0 Å². The molecule has 0 saturated carbocycles. The van der Waals surface area contributed by atoms with Crippen LogP contribution in [0.15, 0.2) is 29.2 Å². The van der Waals surface area contributed by atoms with Gasteiger partial charge in [-0.3, -0.25) is 15.0 Å². The van der Waals surface area contributed by atoms with Crippen molar-refractivity contribution in [2.75, 3.05) is 13.7 Å². The number of hydroxylamine groups is 1. The van der Waals surface area contributed by atoms with Crippen LogP contribution < -0.4 is 0 Å². The molecule has 128 valence electrons. The third-order valence-corrected chi connectivity index (χ3v) is 4.15. The van der Waals surface area contributed by atoms with Gasteiger partial charge < -0.3 is 4.74 Å². The fourth-order valence-electron chi connectivity index (χ4n) is 1.55. The molecule has 23 heavy (non-hydrogen) atoms. The van der Waals surface area contributed by atoms with Crippen molar-refractivity contribution >= 4 is 21.7 Å². The number of nitrogens with zero attached hydrogens (tertiary/aromatic N) is 2. The summed E-state index contributed by atoms with van der Waals surface area (Å²) in [5.74, 6) is -0.762. The number of nitro benzene ring substituents is 1. The van der Waals surface area contributed by atoms with Gasteiger partial charge in [0.1, 0.15) is 5.60 Å². The summed E-state index contributed by atoms with van der Waals surface area (Å²) in [7, 11) is -3.25. The number of nitro groups is 1. The van der Waals surface area contributed by atoms with Crippen molar-refractivity contribution in [3.05, 3.63) is 34.4 Å². The minimum atomic E-state index is -4.29. The number of carbonyl (C=O) groups excluding carboxylic acids is 1. The molecule has 0 fully saturated rings. The topological polar surface area (TPSA) is 116 Å². The number of rotatable bonds is 6. The second kappa shape index (κ2) is 7.02. The predicted octanol–water partition coefficient (Wildman–Crippen LogP) is 1.49. The van der Waals surface area contributed by atoms with E-state index in [1.54, 1.807) is 20.8 Å². The van der Waals surface area contributed by atoms with Gasteiger partial charge in [0, 0.05) is 13.1 Å². The van der Waals surface area contributed by atoms with Crippen molar-refractivity contribution in [1.82, 2.24) is 4.47 Å². The summed E-state index contributed by atoms with van der Waals surface area (Å²) < 4.78 is 30.0. The Hall–Kier alpha value is -2.04. The Morgan fingerprint density at radius 2 is 1.87 bits per heavy atom. The van der Waals surface area contributed by atoms with E-state index in [2.05, 4.69) is 0 Å². The first-order valence-electron chi connectivity index (χ1n) is 6.52. The summed E-state index contributed by atoms with van der Waals surface area (Å²) in [6.07, 6.45) is 0. The Balaban J connectivity index is 2.89. The zero-order chi connectivity index (χ0) is 17.8. The summed E-state index contributed by atoms with van der Waals surface area (Å²) in [5, 5.41) is 10.9. The molecule has 0 amide bonds. The Kier molecular flexibility index (Phi) is 5.81. The quantitative estimate of drug-likeness (QED) is 0.435. The van der Waals surface area contributed by atoms with E-state index in [-0.39, 0.29) is 0 Å². The second-order valence-corrected chi connectivity index (χ2v) is 7.40. The minimum absolute atomic E-state index is 0.402. The normalized spacial score (nSPS) is 12.2. The second-order valence-electron chi connectivity index (χ2n) is 5.50. The zero-order valence-corrected chi connectivity index (χ0v) is 14.0. The van der Waals surface area contributed by atoms with E-state index >= 15 is 0 Å². The molecule has 0 saturated heterocycles. The van der Waals surface area contributed by atoms with Crippen LogP contribution in [-0.4, -0.2) is 43.0 Å². The van der Waals surface area contributed by atoms with Gasteiger partial charge in [-0.25, -0.2) is 13.2 Å². The van der Waals surface area contributed by atoms with Crippen LogP contribution in [-0.2, 0) is 24.4 Å². The van der Waals surface area contributed by atoms with E-state index in [0.29, 0.717) is 4.47 Å². The zero-order valence-electron chi connectivity index (χ0n) is 13.2. The maximum atomic E-state index is 12.3. The van der Waals surface area contributed by atoms with Gasteiger partial charge in [0.05, 0.1) is 4.92 Å². The first kappa shape index (κ1) is 19.0. The molecule has 0 N–H and O–H groups in total. The molecule has 0 unspecified atom stereocenters.